The van der Waals surface area contributed by atoms with Gasteiger partial charge in [0.25, 0.3) is 10.0 Å². The number of nitrogens with zero attached hydrogens (tertiary/aromatic N) is 1. The zero-order valence-corrected chi connectivity index (χ0v) is 29.0. The van der Waals surface area contributed by atoms with E-state index in [1.165, 1.54) is 43.3 Å². The summed E-state index contributed by atoms with van der Waals surface area (Å²) in [6.45, 7) is 1.12. The molecule has 0 saturated heterocycles. The summed E-state index contributed by atoms with van der Waals surface area (Å²) in [6, 6.07) is 8.02. The summed E-state index contributed by atoms with van der Waals surface area (Å²) in [5, 5.41) is -2.85. The van der Waals surface area contributed by atoms with Gasteiger partial charge in [-0.15, -0.1) is 0 Å². The van der Waals surface area contributed by atoms with Gasteiger partial charge in [0, 0.05) is 35.6 Å². The Hall–Kier alpha value is -4.63. The Morgan fingerprint density at radius 2 is 1.07 bits per heavy atom. The first-order valence-electron chi connectivity index (χ1n) is 14.7. The highest BCUT2D eigenvalue weighted by Crippen LogP contribution is 2.64. The molecule has 0 saturated carbocycles. The third-order valence-corrected chi connectivity index (χ3v) is 9.32. The van der Waals surface area contributed by atoms with Crippen LogP contribution in [0.5, 0.6) is 0 Å². The molecule has 2 aromatic carbocycles. The number of ether oxygens (including phenoxy) is 2. The number of fused-ring (bicyclic) bond motifs is 1. The highest BCUT2D eigenvalue weighted by atomic mass is 32.2. The normalized spacial score (nSPS) is 14.0. The molecule has 2 N–H and O–H groups in total. The van der Waals surface area contributed by atoms with Crippen LogP contribution in [0, 0.1) is 0 Å². The van der Waals surface area contributed by atoms with Crippen LogP contribution in [0.25, 0.3) is 10.8 Å². The molecule has 28 heteroatoms. The van der Waals surface area contributed by atoms with E-state index in [1.807, 2.05) is 0 Å². The largest absolute Gasteiger partial charge is 0.462 e. The van der Waals surface area contributed by atoms with Crippen molar-refractivity contribution in [3.8, 4) is 0 Å². The second-order valence-corrected chi connectivity index (χ2v) is 13.6. The van der Waals surface area contributed by atoms with E-state index in [9.17, 15) is 97.4 Å². The molecule has 0 radical (unpaired) electrons. The van der Waals surface area contributed by atoms with Crippen molar-refractivity contribution in [1.82, 2.24) is 4.31 Å². The molecule has 10 nitrogen and oxygen atoms in total. The first-order chi connectivity index (χ1) is 25.5. The van der Waals surface area contributed by atoms with Crippen molar-refractivity contribution in [2.24, 2.45) is 0 Å². The van der Waals surface area contributed by atoms with Crippen molar-refractivity contribution in [3.63, 3.8) is 0 Å². The van der Waals surface area contributed by atoms with Crippen molar-refractivity contribution in [2.75, 3.05) is 37.4 Å². The Balaban J connectivity index is 2.23. The lowest BCUT2D eigenvalue weighted by molar-refractivity contribution is -0.458. The Bertz CT molecular complexity index is 1970. The van der Waals surface area contributed by atoms with Crippen LogP contribution in [-0.4, -0.2) is 104 Å². The number of carbonyl (C=O) groups is 3. The molecule has 0 unspecified atom stereocenters. The van der Waals surface area contributed by atoms with E-state index in [-0.39, 0.29) is 47.8 Å². The van der Waals surface area contributed by atoms with Crippen molar-refractivity contribution in [2.45, 2.75) is 60.3 Å². The number of esters is 1. The van der Waals surface area contributed by atoms with Gasteiger partial charge in [0.1, 0.15) is 13.2 Å². The fourth-order valence-electron chi connectivity index (χ4n) is 4.14. The summed E-state index contributed by atoms with van der Waals surface area (Å²) in [7, 11) is -7.79. The number of rotatable bonds is 17. The van der Waals surface area contributed by atoms with E-state index in [1.54, 1.807) is 0 Å². The summed E-state index contributed by atoms with van der Waals surface area (Å²) in [5.41, 5.74) is 0.0513. The number of anilines is 2. The predicted molar refractivity (Wildman–Crippen MR) is 160 cm³/mol. The quantitative estimate of drug-likeness (QED) is 0.0934. The van der Waals surface area contributed by atoms with Crippen LogP contribution in [0.3, 0.4) is 0 Å². The second kappa shape index (κ2) is 16.0. The van der Waals surface area contributed by atoms with E-state index < -0.39 is 92.4 Å². The number of halogens is 17. The molecule has 0 aromatic heterocycles. The molecule has 0 fully saturated rings. The maximum absolute atomic E-state index is 14.5. The highest BCUT2D eigenvalue weighted by Gasteiger charge is 2.96. The minimum atomic E-state index is -8.98. The first-order valence-corrected chi connectivity index (χ1v) is 16.2. The molecular formula is C29H24F17N3O7S. The molecular weight excluding hydrogens is 857 g/mol. The molecule has 2 amide bonds. The fraction of sp³-hybridized carbons (Fsp3) is 0.483. The van der Waals surface area contributed by atoms with Gasteiger partial charge in [-0.25, -0.2) is 18.0 Å². The molecule has 322 valence electrons. The van der Waals surface area contributed by atoms with E-state index in [0.717, 1.165) is 0 Å². The Labute approximate surface area is 308 Å². The standard InChI is InChI=1S/C29H24F17N3O7S/c1-14(2)20(51)55-12-10-19(50)47-17-8-4-7-16-15(17)6-5-9-18(16)48-21(52)56-13-11-49(3)57(53,54)29(45,46)27(40,41)25(36,37)23(32,33)22(30,31)24(34,35)26(38,39)28(42,43)44/h4-9H,1,10-13H2,2-3H3,(H,47,50)(H,48,52). The fourth-order valence-corrected chi connectivity index (χ4v) is 5.30. The van der Waals surface area contributed by atoms with Gasteiger partial charge < -0.3 is 14.8 Å². The number of carbonyl (C=O) groups excluding carboxylic acids is 3. The lowest BCUT2D eigenvalue weighted by atomic mass is 9.91. The lowest BCUT2D eigenvalue weighted by Gasteiger charge is -2.42. The van der Waals surface area contributed by atoms with Crippen molar-refractivity contribution < 1.29 is 107 Å². The minimum Gasteiger partial charge on any atom is -0.462 e. The number of nitrogens with one attached hydrogen (secondary N) is 2. The summed E-state index contributed by atoms with van der Waals surface area (Å²) in [5.74, 6) is -53.8. The number of alkyl halides is 17. The molecule has 0 atom stereocenters. The van der Waals surface area contributed by atoms with Gasteiger partial charge in [-0.05, 0) is 19.1 Å². The van der Waals surface area contributed by atoms with Gasteiger partial charge in [0.2, 0.25) is 5.91 Å². The molecule has 57 heavy (non-hydrogen) atoms. The average Bonchev–Trinajstić information content (AvgIpc) is 3.07. The third-order valence-electron chi connectivity index (χ3n) is 7.41. The van der Waals surface area contributed by atoms with Crippen LogP contribution in [0.4, 0.5) is 90.8 Å². The zero-order valence-electron chi connectivity index (χ0n) is 28.1. The van der Waals surface area contributed by atoms with E-state index in [2.05, 4.69) is 21.9 Å². The second-order valence-electron chi connectivity index (χ2n) is 11.5. The molecule has 0 spiro atoms. The van der Waals surface area contributed by atoms with Gasteiger partial charge >= 0.3 is 59.0 Å². The summed E-state index contributed by atoms with van der Waals surface area (Å²) >= 11 is 0. The maximum Gasteiger partial charge on any atom is 0.460 e. The Morgan fingerprint density at radius 3 is 1.51 bits per heavy atom. The predicted octanol–water partition coefficient (Wildman–Crippen LogP) is 8.06. The maximum atomic E-state index is 14.5. The summed E-state index contributed by atoms with van der Waals surface area (Å²) in [4.78, 5) is 36.1. The van der Waals surface area contributed by atoms with Crippen LogP contribution in [-0.2, 0) is 29.1 Å². The number of sulfonamides is 1. The van der Waals surface area contributed by atoms with Gasteiger partial charge in [0.15, 0.2) is 0 Å². The number of benzene rings is 2. The van der Waals surface area contributed by atoms with E-state index in [4.69, 9.17) is 4.74 Å². The van der Waals surface area contributed by atoms with Crippen molar-refractivity contribution in [3.05, 3.63) is 48.6 Å². The van der Waals surface area contributed by atoms with Crippen molar-refractivity contribution in [1.29, 1.82) is 0 Å². The average molecular weight is 882 g/mol. The summed E-state index contributed by atoms with van der Waals surface area (Å²) < 4.78 is 263. The molecule has 0 bridgehead atoms. The molecule has 2 rings (SSSR count). The van der Waals surface area contributed by atoms with Gasteiger partial charge in [-0.1, -0.05) is 30.8 Å². The molecule has 2 aromatic rings. The monoisotopic (exact) mass is 881 g/mol. The molecule has 0 heterocycles. The first kappa shape index (κ1) is 48.5. The van der Waals surface area contributed by atoms with Gasteiger partial charge in [0.05, 0.1) is 12.1 Å². The SMILES string of the molecule is C=C(C)C(=O)OCCC(=O)Nc1cccc2c(NC(=O)OCCN(C)S(=O)(=O)C(F)(F)C(F)(F)C(F)(F)C(F)(F)C(F)(F)C(F)(F)C(F)(F)C(F)(F)F)cccc12. The number of hydrogen-bond acceptors (Lipinski definition) is 7. The topological polar surface area (TPSA) is 131 Å². The van der Waals surface area contributed by atoms with Crippen molar-refractivity contribution >= 4 is 50.1 Å². The number of amides is 2. The Morgan fingerprint density at radius 1 is 0.649 bits per heavy atom. The Kier molecular flexibility index (Phi) is 13.6. The van der Waals surface area contributed by atoms with Gasteiger partial charge in [-0.2, -0.15) is 78.9 Å². The smallest absolute Gasteiger partial charge is 0.460 e. The minimum absolute atomic E-state index is 0.0652. The zero-order chi connectivity index (χ0) is 44.6. The van der Waals surface area contributed by atoms with Crippen LogP contribution in [0.15, 0.2) is 48.6 Å². The highest BCUT2D eigenvalue weighted by molar-refractivity contribution is 7.90. The lowest BCUT2D eigenvalue weighted by Crippen LogP contribution is -2.75. The number of hydrogen-bond donors (Lipinski definition) is 2. The molecule has 0 aliphatic rings. The third kappa shape index (κ3) is 8.50. The van der Waals surface area contributed by atoms with Gasteiger partial charge in [-0.3, -0.25) is 10.1 Å². The van der Waals surface area contributed by atoms with E-state index in [0.29, 0.717) is 0 Å². The molecule has 0 aliphatic heterocycles. The van der Waals surface area contributed by atoms with Crippen LogP contribution in [0.2, 0.25) is 0 Å². The van der Waals surface area contributed by atoms with E-state index >= 15 is 0 Å². The van der Waals surface area contributed by atoms with Crippen LogP contribution < -0.4 is 10.6 Å². The van der Waals surface area contributed by atoms with Crippen LogP contribution >= 0.6 is 0 Å². The number of likely N-dealkylation sites (N-methyl/N-ethyl adjacent to an activating group) is 1. The molecule has 0 aliphatic carbocycles. The summed E-state index contributed by atoms with van der Waals surface area (Å²) in [6.07, 6.45) is -9.86. The van der Waals surface area contributed by atoms with Crippen LogP contribution in [0.1, 0.15) is 13.3 Å².